The van der Waals surface area contributed by atoms with Gasteiger partial charge in [-0.25, -0.2) is 9.97 Å². The van der Waals surface area contributed by atoms with Gasteiger partial charge in [-0.2, -0.15) is 0 Å². The molecule has 5 nitrogen and oxygen atoms in total. The summed E-state index contributed by atoms with van der Waals surface area (Å²) in [5, 5.41) is 3.14. The Labute approximate surface area is 118 Å². The Kier molecular flexibility index (Phi) is 3.41. The lowest BCUT2D eigenvalue weighted by molar-refractivity contribution is 0.171. The smallest absolute Gasteiger partial charge is 0.223 e. The van der Waals surface area contributed by atoms with Crippen molar-refractivity contribution in [3.8, 4) is 22.8 Å². The molecule has 2 aromatic rings. The third kappa shape index (κ3) is 2.52. The Balaban J connectivity index is 1.99. The summed E-state index contributed by atoms with van der Waals surface area (Å²) in [5.41, 5.74) is 2.81. The quantitative estimate of drug-likeness (QED) is 0.930. The molecule has 1 aliphatic rings. The van der Waals surface area contributed by atoms with E-state index in [1.807, 2.05) is 38.1 Å². The largest absolute Gasteiger partial charge is 0.486 e. The Hall–Kier alpha value is -2.30. The molecule has 1 N–H and O–H groups in total. The van der Waals surface area contributed by atoms with Gasteiger partial charge in [0.25, 0.3) is 0 Å². The number of benzene rings is 1. The third-order valence-electron chi connectivity index (χ3n) is 3.03. The van der Waals surface area contributed by atoms with Crippen molar-refractivity contribution in [2.75, 3.05) is 25.1 Å². The molecular weight excluding hydrogens is 254 g/mol. The fraction of sp³-hybridized carbons (Fsp3) is 0.333. The second-order valence-corrected chi connectivity index (χ2v) is 4.61. The highest BCUT2D eigenvalue weighted by molar-refractivity contribution is 5.65. The Morgan fingerprint density at radius 3 is 2.70 bits per heavy atom. The van der Waals surface area contributed by atoms with Crippen molar-refractivity contribution < 1.29 is 9.47 Å². The maximum Gasteiger partial charge on any atom is 0.223 e. The summed E-state index contributed by atoms with van der Waals surface area (Å²) in [6, 6.07) is 7.84. The van der Waals surface area contributed by atoms with Crippen molar-refractivity contribution in [2.45, 2.75) is 13.8 Å². The third-order valence-corrected chi connectivity index (χ3v) is 3.03. The van der Waals surface area contributed by atoms with E-state index in [1.54, 1.807) is 0 Å². The molecule has 0 atom stereocenters. The van der Waals surface area contributed by atoms with Gasteiger partial charge in [-0.05, 0) is 38.1 Å². The predicted octanol–water partition coefficient (Wildman–Crippen LogP) is 2.66. The van der Waals surface area contributed by atoms with Gasteiger partial charge in [-0.3, -0.25) is 0 Å². The summed E-state index contributed by atoms with van der Waals surface area (Å²) >= 11 is 0. The summed E-state index contributed by atoms with van der Waals surface area (Å²) in [7, 11) is 0. The van der Waals surface area contributed by atoms with Crippen LogP contribution in [0.5, 0.6) is 11.5 Å². The van der Waals surface area contributed by atoms with E-state index in [0.29, 0.717) is 19.2 Å². The Morgan fingerprint density at radius 1 is 1.10 bits per heavy atom. The van der Waals surface area contributed by atoms with Crippen molar-refractivity contribution in [1.82, 2.24) is 9.97 Å². The van der Waals surface area contributed by atoms with Gasteiger partial charge in [-0.15, -0.1) is 0 Å². The van der Waals surface area contributed by atoms with Gasteiger partial charge in [0.1, 0.15) is 13.2 Å². The monoisotopic (exact) mass is 271 g/mol. The van der Waals surface area contributed by atoms with Crippen LogP contribution in [0.2, 0.25) is 0 Å². The van der Waals surface area contributed by atoms with E-state index in [0.717, 1.165) is 35.0 Å². The summed E-state index contributed by atoms with van der Waals surface area (Å²) in [4.78, 5) is 8.88. The van der Waals surface area contributed by atoms with Crippen LogP contribution in [-0.2, 0) is 0 Å². The van der Waals surface area contributed by atoms with E-state index < -0.39 is 0 Å². The first-order valence-corrected chi connectivity index (χ1v) is 6.76. The summed E-state index contributed by atoms with van der Waals surface area (Å²) < 4.78 is 11.1. The molecule has 0 spiro atoms. The van der Waals surface area contributed by atoms with Crippen molar-refractivity contribution in [2.24, 2.45) is 0 Å². The van der Waals surface area contributed by atoms with Gasteiger partial charge in [-0.1, -0.05) is 0 Å². The maximum atomic E-state index is 5.61. The minimum absolute atomic E-state index is 0.585. The van der Waals surface area contributed by atoms with Gasteiger partial charge in [0.05, 0.1) is 5.69 Å². The summed E-state index contributed by atoms with van der Waals surface area (Å²) in [6.45, 7) is 5.97. The molecule has 0 saturated heterocycles. The van der Waals surface area contributed by atoms with E-state index in [-0.39, 0.29) is 0 Å². The highest BCUT2D eigenvalue weighted by Crippen LogP contribution is 2.34. The highest BCUT2D eigenvalue weighted by atomic mass is 16.6. The molecule has 0 aliphatic carbocycles. The number of nitrogens with one attached hydrogen (secondary N) is 1. The first-order chi connectivity index (χ1) is 9.76. The molecule has 1 aliphatic heterocycles. The second kappa shape index (κ2) is 5.36. The maximum absolute atomic E-state index is 5.61. The molecular formula is C15H17N3O2. The SMILES string of the molecule is CCNc1nc(C)cc(-c2ccc3c(c2)OCCO3)n1. The van der Waals surface area contributed by atoms with E-state index in [2.05, 4.69) is 15.3 Å². The molecule has 1 aromatic heterocycles. The summed E-state index contributed by atoms with van der Waals surface area (Å²) in [6.07, 6.45) is 0. The van der Waals surface area contributed by atoms with Crippen molar-refractivity contribution in [3.05, 3.63) is 30.0 Å². The number of aryl methyl sites for hydroxylation is 1. The topological polar surface area (TPSA) is 56.3 Å². The van der Waals surface area contributed by atoms with Crippen LogP contribution < -0.4 is 14.8 Å². The van der Waals surface area contributed by atoms with E-state index >= 15 is 0 Å². The minimum Gasteiger partial charge on any atom is -0.486 e. The van der Waals surface area contributed by atoms with Gasteiger partial charge in [0, 0.05) is 17.8 Å². The number of hydrogen-bond donors (Lipinski definition) is 1. The second-order valence-electron chi connectivity index (χ2n) is 4.61. The molecule has 0 bridgehead atoms. The van der Waals surface area contributed by atoms with Crippen LogP contribution in [-0.4, -0.2) is 29.7 Å². The average Bonchev–Trinajstić information content (AvgIpc) is 2.46. The molecule has 2 heterocycles. The van der Waals surface area contributed by atoms with E-state index in [9.17, 15) is 0 Å². The van der Waals surface area contributed by atoms with Gasteiger partial charge < -0.3 is 14.8 Å². The molecule has 104 valence electrons. The highest BCUT2D eigenvalue weighted by Gasteiger charge is 2.13. The van der Waals surface area contributed by atoms with Crippen LogP contribution in [0, 0.1) is 6.92 Å². The van der Waals surface area contributed by atoms with E-state index in [4.69, 9.17) is 9.47 Å². The van der Waals surface area contributed by atoms with Crippen LogP contribution in [0.15, 0.2) is 24.3 Å². The van der Waals surface area contributed by atoms with Crippen molar-refractivity contribution in [1.29, 1.82) is 0 Å². The number of anilines is 1. The number of nitrogens with zero attached hydrogens (tertiary/aromatic N) is 2. The number of ether oxygens (including phenoxy) is 2. The van der Waals surface area contributed by atoms with Crippen LogP contribution >= 0.6 is 0 Å². The lowest BCUT2D eigenvalue weighted by Crippen LogP contribution is -2.15. The first-order valence-electron chi connectivity index (χ1n) is 6.76. The fourth-order valence-corrected chi connectivity index (χ4v) is 2.16. The minimum atomic E-state index is 0.585. The Bertz CT molecular complexity index is 629. The van der Waals surface area contributed by atoms with Gasteiger partial charge >= 0.3 is 0 Å². The van der Waals surface area contributed by atoms with Crippen molar-refractivity contribution >= 4 is 5.95 Å². The lowest BCUT2D eigenvalue weighted by Gasteiger charge is -2.18. The normalized spacial score (nSPS) is 13.1. The van der Waals surface area contributed by atoms with Crippen LogP contribution in [0.3, 0.4) is 0 Å². The molecule has 0 saturated carbocycles. The zero-order valence-electron chi connectivity index (χ0n) is 11.6. The molecule has 20 heavy (non-hydrogen) atoms. The predicted molar refractivity (Wildman–Crippen MR) is 77.4 cm³/mol. The fourth-order valence-electron chi connectivity index (χ4n) is 2.16. The molecule has 0 unspecified atom stereocenters. The van der Waals surface area contributed by atoms with Crippen molar-refractivity contribution in [3.63, 3.8) is 0 Å². The zero-order valence-corrected chi connectivity index (χ0v) is 11.6. The number of fused-ring (bicyclic) bond motifs is 1. The number of hydrogen-bond acceptors (Lipinski definition) is 5. The molecule has 0 radical (unpaired) electrons. The first kappa shape index (κ1) is 12.7. The number of rotatable bonds is 3. The molecule has 0 amide bonds. The average molecular weight is 271 g/mol. The van der Waals surface area contributed by atoms with Gasteiger partial charge in [0.2, 0.25) is 5.95 Å². The van der Waals surface area contributed by atoms with Crippen LogP contribution in [0.4, 0.5) is 5.95 Å². The Morgan fingerprint density at radius 2 is 1.90 bits per heavy atom. The van der Waals surface area contributed by atoms with Crippen LogP contribution in [0.25, 0.3) is 11.3 Å². The molecule has 3 rings (SSSR count). The van der Waals surface area contributed by atoms with Gasteiger partial charge in [0.15, 0.2) is 11.5 Å². The molecule has 0 fully saturated rings. The number of aromatic nitrogens is 2. The van der Waals surface area contributed by atoms with Crippen LogP contribution in [0.1, 0.15) is 12.6 Å². The lowest BCUT2D eigenvalue weighted by atomic mass is 10.1. The molecule has 5 heteroatoms. The molecule has 1 aromatic carbocycles. The zero-order chi connectivity index (χ0) is 13.9. The van der Waals surface area contributed by atoms with E-state index in [1.165, 1.54) is 0 Å². The summed E-state index contributed by atoms with van der Waals surface area (Å²) in [5.74, 6) is 2.21. The standard InChI is InChI=1S/C15H17N3O2/c1-3-16-15-17-10(2)8-12(18-15)11-4-5-13-14(9-11)20-7-6-19-13/h4-5,8-9H,3,6-7H2,1-2H3,(H,16,17,18).